The lowest BCUT2D eigenvalue weighted by atomic mass is 9.83. The number of nitrogens with one attached hydrogen (secondary N) is 1. The second kappa shape index (κ2) is 13.3. The second-order valence-corrected chi connectivity index (χ2v) is 12.2. The minimum Gasteiger partial charge on any atom is -0.480 e. The van der Waals surface area contributed by atoms with Gasteiger partial charge in [0.25, 0.3) is 0 Å². The molecule has 38 heavy (non-hydrogen) atoms. The number of piperidine rings is 1. The highest BCUT2D eigenvalue weighted by Crippen LogP contribution is 2.34. The van der Waals surface area contributed by atoms with E-state index in [2.05, 4.69) is 58.4 Å². The molecule has 3 aliphatic rings. The Morgan fingerprint density at radius 1 is 1.03 bits per heavy atom. The number of nitrogens with zero attached hydrogens (tertiary/aromatic N) is 3. The standard InChI is InChI=1S/C32H48N4O2/c1-2-36-31(28(22-33-36)15-13-24-9-5-3-6-10-24)27-17-19-35(20-18-27)23-25-14-16-29(21-25)34-30(32(37)38)26-11-7-4-8-12-26/h3,5-6,9-10,22,25-27,29-30,34H,2,4,7-8,11-21,23H2,1H3,(H,37,38). The number of benzene rings is 1. The van der Waals surface area contributed by atoms with Gasteiger partial charge in [-0.1, -0.05) is 49.6 Å². The number of carbonyl (C=O) groups is 1. The van der Waals surface area contributed by atoms with Crippen LogP contribution in [-0.4, -0.2) is 57.5 Å². The lowest BCUT2D eigenvalue weighted by Gasteiger charge is -2.34. The Bertz CT molecular complexity index is 1010. The molecule has 2 heterocycles. The molecule has 2 aromatic rings. The van der Waals surface area contributed by atoms with Gasteiger partial charge in [0.1, 0.15) is 6.04 Å². The predicted molar refractivity (Wildman–Crippen MR) is 152 cm³/mol. The second-order valence-electron chi connectivity index (χ2n) is 12.2. The van der Waals surface area contributed by atoms with Crippen molar-refractivity contribution in [2.75, 3.05) is 19.6 Å². The number of aryl methyl sites for hydroxylation is 3. The highest BCUT2D eigenvalue weighted by molar-refractivity contribution is 5.74. The highest BCUT2D eigenvalue weighted by atomic mass is 16.4. The van der Waals surface area contributed by atoms with Gasteiger partial charge in [-0.2, -0.15) is 5.10 Å². The first-order chi connectivity index (χ1) is 18.6. The van der Waals surface area contributed by atoms with Crippen molar-refractivity contribution in [1.82, 2.24) is 20.0 Å². The number of carboxylic acids is 1. The molecule has 2 saturated carbocycles. The van der Waals surface area contributed by atoms with Crippen molar-refractivity contribution in [1.29, 1.82) is 0 Å². The zero-order chi connectivity index (χ0) is 26.3. The Morgan fingerprint density at radius 2 is 1.79 bits per heavy atom. The first-order valence-electron chi connectivity index (χ1n) is 15.4. The van der Waals surface area contributed by atoms with E-state index in [0.717, 1.165) is 58.2 Å². The van der Waals surface area contributed by atoms with Crippen molar-refractivity contribution >= 4 is 5.97 Å². The van der Waals surface area contributed by atoms with Gasteiger partial charge in [0, 0.05) is 30.7 Å². The summed E-state index contributed by atoms with van der Waals surface area (Å²) in [5.74, 6) is 0.960. The number of aromatic nitrogens is 2. The third-order valence-electron chi connectivity index (χ3n) is 9.62. The molecule has 3 fully saturated rings. The first-order valence-corrected chi connectivity index (χ1v) is 15.4. The van der Waals surface area contributed by atoms with Crippen LogP contribution in [0.4, 0.5) is 0 Å². The molecule has 0 bridgehead atoms. The third kappa shape index (κ3) is 6.87. The van der Waals surface area contributed by atoms with Crippen LogP contribution >= 0.6 is 0 Å². The molecule has 6 nitrogen and oxygen atoms in total. The Balaban J connectivity index is 1.10. The SMILES string of the molecule is CCn1ncc(CCc2ccccc2)c1C1CCN(CC2CCC(NC(C(=O)O)C3CCCCC3)C2)CC1. The van der Waals surface area contributed by atoms with E-state index in [0.29, 0.717) is 23.8 Å². The topological polar surface area (TPSA) is 70.4 Å². The van der Waals surface area contributed by atoms with Crippen LogP contribution < -0.4 is 5.32 Å². The maximum Gasteiger partial charge on any atom is 0.320 e. The summed E-state index contributed by atoms with van der Waals surface area (Å²) < 4.78 is 2.25. The third-order valence-corrected chi connectivity index (χ3v) is 9.62. The molecular weight excluding hydrogens is 472 g/mol. The molecule has 2 N–H and O–H groups in total. The summed E-state index contributed by atoms with van der Waals surface area (Å²) in [6.45, 7) is 6.63. The van der Waals surface area contributed by atoms with Crippen molar-refractivity contribution in [2.45, 2.75) is 109 Å². The molecule has 1 aromatic carbocycles. The number of hydrogen-bond donors (Lipinski definition) is 2. The van der Waals surface area contributed by atoms with Crippen molar-refractivity contribution in [3.63, 3.8) is 0 Å². The van der Waals surface area contributed by atoms with Crippen LogP contribution in [0.3, 0.4) is 0 Å². The Labute approximate surface area is 229 Å². The summed E-state index contributed by atoms with van der Waals surface area (Å²) in [6.07, 6.45) is 15.9. The number of likely N-dealkylation sites (tertiary alicyclic amines) is 1. The Morgan fingerprint density at radius 3 is 2.50 bits per heavy atom. The van der Waals surface area contributed by atoms with Gasteiger partial charge < -0.3 is 15.3 Å². The molecule has 1 aromatic heterocycles. The Kier molecular flexibility index (Phi) is 9.55. The molecule has 0 radical (unpaired) electrons. The van der Waals surface area contributed by atoms with Gasteiger partial charge in [-0.15, -0.1) is 0 Å². The molecule has 2 aliphatic carbocycles. The van der Waals surface area contributed by atoms with Gasteiger partial charge in [0.15, 0.2) is 0 Å². The summed E-state index contributed by atoms with van der Waals surface area (Å²) in [5.41, 5.74) is 4.32. The fourth-order valence-corrected chi connectivity index (χ4v) is 7.55. The van der Waals surface area contributed by atoms with E-state index in [4.69, 9.17) is 5.10 Å². The van der Waals surface area contributed by atoms with Crippen LogP contribution in [0.1, 0.15) is 93.9 Å². The van der Waals surface area contributed by atoms with Crippen molar-refractivity contribution < 1.29 is 9.90 Å². The smallest absolute Gasteiger partial charge is 0.320 e. The highest BCUT2D eigenvalue weighted by Gasteiger charge is 2.35. The van der Waals surface area contributed by atoms with Crippen molar-refractivity contribution in [2.24, 2.45) is 11.8 Å². The predicted octanol–water partition coefficient (Wildman–Crippen LogP) is 5.66. The zero-order valence-corrected chi connectivity index (χ0v) is 23.4. The number of hydrogen-bond acceptors (Lipinski definition) is 4. The lowest BCUT2D eigenvalue weighted by molar-refractivity contribution is -0.141. The molecule has 6 heteroatoms. The van der Waals surface area contributed by atoms with Crippen LogP contribution in [0.25, 0.3) is 0 Å². The van der Waals surface area contributed by atoms with Crippen molar-refractivity contribution in [3.8, 4) is 0 Å². The van der Waals surface area contributed by atoms with Crippen LogP contribution in [0.5, 0.6) is 0 Å². The molecule has 0 spiro atoms. The van der Waals surface area contributed by atoms with Gasteiger partial charge in [0.05, 0.1) is 6.20 Å². The van der Waals surface area contributed by atoms with E-state index in [1.165, 1.54) is 61.9 Å². The summed E-state index contributed by atoms with van der Waals surface area (Å²) in [6, 6.07) is 10.8. The average Bonchev–Trinajstić information content (AvgIpc) is 3.58. The summed E-state index contributed by atoms with van der Waals surface area (Å²) in [5, 5.41) is 18.2. The zero-order valence-electron chi connectivity index (χ0n) is 23.4. The van der Waals surface area contributed by atoms with E-state index in [1.54, 1.807) is 0 Å². The number of aliphatic carboxylic acids is 1. The minimum absolute atomic E-state index is 0.313. The molecule has 1 saturated heterocycles. The van der Waals surface area contributed by atoms with E-state index in [-0.39, 0.29) is 6.04 Å². The van der Waals surface area contributed by atoms with Gasteiger partial charge in [-0.25, -0.2) is 0 Å². The maximum absolute atomic E-state index is 12.0. The molecule has 208 valence electrons. The van der Waals surface area contributed by atoms with Crippen LogP contribution in [0.15, 0.2) is 36.5 Å². The van der Waals surface area contributed by atoms with Gasteiger partial charge >= 0.3 is 5.97 Å². The van der Waals surface area contributed by atoms with Crippen LogP contribution in [-0.2, 0) is 24.2 Å². The van der Waals surface area contributed by atoms with Crippen LogP contribution in [0, 0.1) is 11.8 Å². The largest absolute Gasteiger partial charge is 0.480 e. The average molecular weight is 521 g/mol. The normalized spacial score (nSPS) is 24.6. The number of carboxylic acid groups (broad SMARTS) is 1. The summed E-state index contributed by atoms with van der Waals surface area (Å²) >= 11 is 0. The Hall–Kier alpha value is -2.18. The molecule has 3 unspecified atom stereocenters. The van der Waals surface area contributed by atoms with Gasteiger partial charge in [-0.05, 0) is 101 Å². The van der Waals surface area contributed by atoms with E-state index < -0.39 is 5.97 Å². The van der Waals surface area contributed by atoms with Crippen LogP contribution in [0.2, 0.25) is 0 Å². The lowest BCUT2D eigenvalue weighted by Crippen LogP contribution is -2.47. The fraction of sp³-hybridized carbons (Fsp3) is 0.688. The molecule has 0 amide bonds. The summed E-state index contributed by atoms with van der Waals surface area (Å²) in [4.78, 5) is 14.7. The fourth-order valence-electron chi connectivity index (χ4n) is 7.55. The molecule has 3 atom stereocenters. The first kappa shape index (κ1) is 27.4. The summed E-state index contributed by atoms with van der Waals surface area (Å²) in [7, 11) is 0. The quantitative estimate of drug-likeness (QED) is 0.400. The van der Waals surface area contributed by atoms with Gasteiger partial charge in [0.2, 0.25) is 0 Å². The molecule has 1 aliphatic heterocycles. The van der Waals surface area contributed by atoms with Crippen molar-refractivity contribution in [3.05, 3.63) is 53.3 Å². The molecular formula is C32H48N4O2. The minimum atomic E-state index is -0.642. The molecule has 5 rings (SSSR count). The van der Waals surface area contributed by atoms with E-state index in [1.807, 2.05) is 0 Å². The maximum atomic E-state index is 12.0. The number of rotatable bonds is 11. The monoisotopic (exact) mass is 520 g/mol. The van der Waals surface area contributed by atoms with E-state index in [9.17, 15) is 9.90 Å². The van der Waals surface area contributed by atoms with Gasteiger partial charge in [-0.3, -0.25) is 9.48 Å². The van der Waals surface area contributed by atoms with E-state index >= 15 is 0 Å².